The summed E-state index contributed by atoms with van der Waals surface area (Å²) in [6.45, 7) is 6.31. The van der Waals surface area contributed by atoms with Gasteiger partial charge in [0.25, 0.3) is 5.91 Å². The van der Waals surface area contributed by atoms with Crippen molar-refractivity contribution in [2.24, 2.45) is 0 Å². The summed E-state index contributed by atoms with van der Waals surface area (Å²) in [5.74, 6) is 0.170. The molecule has 0 bridgehead atoms. The van der Waals surface area contributed by atoms with Gasteiger partial charge in [0.15, 0.2) is 0 Å². The molecule has 2 heterocycles. The Kier molecular flexibility index (Phi) is 4.69. The number of nitrogens with one attached hydrogen (secondary N) is 1. The number of nitrogens with zero attached hydrogens (tertiary/aromatic N) is 2. The summed E-state index contributed by atoms with van der Waals surface area (Å²) in [6.07, 6.45) is 2.21. The van der Waals surface area contributed by atoms with Gasteiger partial charge >= 0.3 is 0 Å². The van der Waals surface area contributed by atoms with Crippen LogP contribution in [0.15, 0.2) is 36.5 Å². The highest BCUT2D eigenvalue weighted by Gasteiger charge is 2.25. The van der Waals surface area contributed by atoms with Gasteiger partial charge in [-0.25, -0.2) is 0 Å². The van der Waals surface area contributed by atoms with Crippen LogP contribution in [0.1, 0.15) is 27.2 Å². The molecule has 2 amide bonds. The van der Waals surface area contributed by atoms with Crippen LogP contribution in [0.3, 0.4) is 0 Å². The van der Waals surface area contributed by atoms with Crippen LogP contribution in [0.2, 0.25) is 0 Å². The average Bonchev–Trinajstić information content (AvgIpc) is 3.09. The van der Waals surface area contributed by atoms with E-state index in [1.165, 1.54) is 0 Å². The quantitative estimate of drug-likeness (QED) is 0.940. The van der Waals surface area contributed by atoms with Crippen LogP contribution in [0.25, 0.3) is 0 Å². The molecular formula is C19H23N3O2. The Hall–Kier alpha value is -2.56. The number of piperazine rings is 1. The molecule has 1 aromatic carbocycles. The molecule has 3 rings (SSSR count). The smallest absolute Gasteiger partial charge is 0.254 e. The van der Waals surface area contributed by atoms with Gasteiger partial charge in [-0.3, -0.25) is 9.59 Å². The third-order valence-electron chi connectivity index (χ3n) is 4.55. The molecule has 0 unspecified atom stereocenters. The molecule has 1 aliphatic heterocycles. The topological polar surface area (TPSA) is 56.4 Å². The zero-order valence-electron chi connectivity index (χ0n) is 14.2. The van der Waals surface area contributed by atoms with Gasteiger partial charge in [-0.05, 0) is 37.6 Å². The first-order valence-electron chi connectivity index (χ1n) is 8.31. The lowest BCUT2D eigenvalue weighted by Crippen LogP contribution is -2.51. The molecule has 1 fully saturated rings. The maximum absolute atomic E-state index is 12.7. The van der Waals surface area contributed by atoms with E-state index in [-0.39, 0.29) is 11.8 Å². The molecule has 0 atom stereocenters. The lowest BCUT2D eigenvalue weighted by Gasteiger charge is -2.35. The van der Waals surface area contributed by atoms with Gasteiger partial charge in [0, 0.05) is 43.6 Å². The SMILES string of the molecule is Cc1ccc(C)c(C(=O)N2CCN(C(=O)Cc3ccc[nH]3)CC2)c1. The number of aromatic nitrogens is 1. The molecule has 1 aliphatic rings. The van der Waals surface area contributed by atoms with Gasteiger partial charge in [0.05, 0.1) is 6.42 Å². The zero-order chi connectivity index (χ0) is 17.1. The van der Waals surface area contributed by atoms with E-state index >= 15 is 0 Å². The Balaban J connectivity index is 1.59. The third kappa shape index (κ3) is 3.50. The van der Waals surface area contributed by atoms with Crippen LogP contribution in [-0.2, 0) is 11.2 Å². The Morgan fingerprint density at radius 2 is 1.75 bits per heavy atom. The average molecular weight is 325 g/mol. The zero-order valence-corrected chi connectivity index (χ0v) is 14.2. The number of carbonyl (C=O) groups is 2. The number of benzene rings is 1. The standard InChI is InChI=1S/C19H23N3O2/c1-14-5-6-15(2)17(12-14)19(24)22-10-8-21(9-11-22)18(23)13-16-4-3-7-20-16/h3-7,12,20H,8-11,13H2,1-2H3. The fourth-order valence-corrected chi connectivity index (χ4v) is 3.05. The van der Waals surface area contributed by atoms with E-state index in [1.807, 2.05) is 60.2 Å². The van der Waals surface area contributed by atoms with E-state index in [0.29, 0.717) is 32.6 Å². The summed E-state index contributed by atoms with van der Waals surface area (Å²) < 4.78 is 0. The number of carbonyl (C=O) groups excluding carboxylic acids is 2. The van der Waals surface area contributed by atoms with Crippen molar-refractivity contribution in [3.05, 3.63) is 58.9 Å². The second kappa shape index (κ2) is 6.91. The van der Waals surface area contributed by atoms with Crippen molar-refractivity contribution in [3.8, 4) is 0 Å². The summed E-state index contributed by atoms with van der Waals surface area (Å²) >= 11 is 0. The molecule has 1 N–H and O–H groups in total. The molecule has 0 aliphatic carbocycles. The number of amides is 2. The summed E-state index contributed by atoms with van der Waals surface area (Å²) in [5.41, 5.74) is 3.77. The minimum atomic E-state index is 0.0627. The molecule has 1 aromatic heterocycles. The normalized spacial score (nSPS) is 14.8. The van der Waals surface area contributed by atoms with Crippen LogP contribution in [-0.4, -0.2) is 52.8 Å². The predicted octanol–water partition coefficient (Wildman–Crippen LogP) is 2.16. The predicted molar refractivity (Wildman–Crippen MR) is 92.9 cm³/mol. The monoisotopic (exact) mass is 325 g/mol. The molecule has 5 nitrogen and oxygen atoms in total. The molecule has 1 saturated heterocycles. The van der Waals surface area contributed by atoms with Crippen LogP contribution >= 0.6 is 0 Å². The second-order valence-electron chi connectivity index (χ2n) is 6.36. The van der Waals surface area contributed by atoms with E-state index in [0.717, 1.165) is 22.4 Å². The fraction of sp³-hybridized carbons (Fsp3) is 0.368. The highest BCUT2D eigenvalue weighted by molar-refractivity contribution is 5.96. The molecule has 126 valence electrons. The second-order valence-corrected chi connectivity index (χ2v) is 6.36. The minimum absolute atomic E-state index is 0.0627. The number of hydrogen-bond donors (Lipinski definition) is 1. The first-order chi connectivity index (χ1) is 11.5. The number of H-pyrrole nitrogens is 1. The van der Waals surface area contributed by atoms with Crippen molar-refractivity contribution in [1.82, 2.24) is 14.8 Å². The van der Waals surface area contributed by atoms with E-state index < -0.39 is 0 Å². The summed E-state index contributed by atoms with van der Waals surface area (Å²) in [6, 6.07) is 9.75. The first kappa shape index (κ1) is 16.3. The van der Waals surface area contributed by atoms with Crippen LogP contribution in [0, 0.1) is 13.8 Å². The van der Waals surface area contributed by atoms with Crippen molar-refractivity contribution < 1.29 is 9.59 Å². The Morgan fingerprint density at radius 1 is 1.04 bits per heavy atom. The van der Waals surface area contributed by atoms with Crippen molar-refractivity contribution in [3.63, 3.8) is 0 Å². The van der Waals surface area contributed by atoms with Crippen molar-refractivity contribution in [2.45, 2.75) is 20.3 Å². The molecule has 5 heteroatoms. The summed E-state index contributed by atoms with van der Waals surface area (Å²) in [7, 11) is 0. The lowest BCUT2D eigenvalue weighted by molar-refractivity contribution is -0.132. The number of rotatable bonds is 3. The van der Waals surface area contributed by atoms with Crippen LogP contribution in [0.5, 0.6) is 0 Å². The van der Waals surface area contributed by atoms with Crippen molar-refractivity contribution in [2.75, 3.05) is 26.2 Å². The fourth-order valence-electron chi connectivity index (χ4n) is 3.05. The van der Waals surface area contributed by atoms with Gasteiger partial charge in [-0.2, -0.15) is 0 Å². The molecule has 0 radical (unpaired) electrons. The maximum Gasteiger partial charge on any atom is 0.254 e. The first-order valence-corrected chi connectivity index (χ1v) is 8.31. The Morgan fingerprint density at radius 3 is 2.42 bits per heavy atom. The van der Waals surface area contributed by atoms with Crippen molar-refractivity contribution >= 4 is 11.8 Å². The number of aryl methyl sites for hydroxylation is 2. The third-order valence-corrected chi connectivity index (χ3v) is 4.55. The van der Waals surface area contributed by atoms with Gasteiger partial charge in [0.1, 0.15) is 0 Å². The van der Waals surface area contributed by atoms with E-state index in [1.54, 1.807) is 0 Å². The van der Waals surface area contributed by atoms with Gasteiger partial charge in [-0.1, -0.05) is 17.7 Å². The van der Waals surface area contributed by atoms with Crippen LogP contribution in [0.4, 0.5) is 0 Å². The van der Waals surface area contributed by atoms with Crippen LogP contribution < -0.4 is 0 Å². The number of hydrogen-bond acceptors (Lipinski definition) is 2. The molecular weight excluding hydrogens is 302 g/mol. The Labute approximate surface area is 142 Å². The highest BCUT2D eigenvalue weighted by Crippen LogP contribution is 2.15. The van der Waals surface area contributed by atoms with Gasteiger partial charge in [-0.15, -0.1) is 0 Å². The summed E-state index contributed by atoms with van der Waals surface area (Å²) in [5, 5.41) is 0. The largest absolute Gasteiger partial charge is 0.365 e. The van der Waals surface area contributed by atoms with E-state index in [9.17, 15) is 9.59 Å². The Bertz CT molecular complexity index is 729. The molecule has 0 spiro atoms. The van der Waals surface area contributed by atoms with E-state index in [4.69, 9.17) is 0 Å². The highest BCUT2D eigenvalue weighted by atomic mass is 16.2. The van der Waals surface area contributed by atoms with Crippen molar-refractivity contribution in [1.29, 1.82) is 0 Å². The minimum Gasteiger partial charge on any atom is -0.365 e. The van der Waals surface area contributed by atoms with Gasteiger partial charge < -0.3 is 14.8 Å². The summed E-state index contributed by atoms with van der Waals surface area (Å²) in [4.78, 5) is 31.8. The van der Waals surface area contributed by atoms with Gasteiger partial charge in [0.2, 0.25) is 5.91 Å². The molecule has 24 heavy (non-hydrogen) atoms. The lowest BCUT2D eigenvalue weighted by atomic mass is 10.0. The van der Waals surface area contributed by atoms with E-state index in [2.05, 4.69) is 4.98 Å². The number of aromatic amines is 1. The molecule has 2 aromatic rings. The molecule has 0 saturated carbocycles. The maximum atomic E-state index is 12.7.